The lowest BCUT2D eigenvalue weighted by Crippen LogP contribution is -2.36. The maximum absolute atomic E-state index is 12.3. The standard InChI is InChI=1S/C17H22F2N4O2/c1-11(2)15-8-14(25-23-15)10-22-17(20-3)21-9-12-5-4-6-13(7-12)24-16(18)19/h4-8,11,16H,9-10H2,1-3H3,(H2,20,21,22). The number of guanidine groups is 1. The van der Waals surface area contributed by atoms with Crippen molar-refractivity contribution in [1.29, 1.82) is 0 Å². The monoisotopic (exact) mass is 352 g/mol. The summed E-state index contributed by atoms with van der Waals surface area (Å²) in [6.07, 6.45) is 0. The van der Waals surface area contributed by atoms with E-state index < -0.39 is 6.61 Å². The molecule has 0 aliphatic rings. The first-order valence-electron chi connectivity index (χ1n) is 7.91. The number of halogens is 2. The molecule has 0 radical (unpaired) electrons. The summed E-state index contributed by atoms with van der Waals surface area (Å²) < 4.78 is 34.1. The minimum absolute atomic E-state index is 0.125. The molecule has 8 heteroatoms. The molecule has 2 aromatic rings. The van der Waals surface area contributed by atoms with Crippen molar-refractivity contribution in [2.45, 2.75) is 39.5 Å². The van der Waals surface area contributed by atoms with Gasteiger partial charge in [-0.1, -0.05) is 31.1 Å². The molecule has 0 saturated carbocycles. The second-order valence-electron chi connectivity index (χ2n) is 5.68. The van der Waals surface area contributed by atoms with Gasteiger partial charge in [0.15, 0.2) is 11.7 Å². The molecule has 0 aliphatic carbocycles. The number of rotatable bonds is 7. The number of nitrogens with zero attached hydrogens (tertiary/aromatic N) is 2. The van der Waals surface area contributed by atoms with Gasteiger partial charge >= 0.3 is 6.61 Å². The summed E-state index contributed by atoms with van der Waals surface area (Å²) in [5.41, 5.74) is 1.69. The average molecular weight is 352 g/mol. The van der Waals surface area contributed by atoms with Crippen LogP contribution in [0.5, 0.6) is 5.75 Å². The lowest BCUT2D eigenvalue weighted by Gasteiger charge is -2.11. The molecule has 1 aromatic carbocycles. The first kappa shape index (κ1) is 18.7. The highest BCUT2D eigenvalue weighted by atomic mass is 19.3. The van der Waals surface area contributed by atoms with Crippen molar-refractivity contribution in [2.24, 2.45) is 4.99 Å². The first-order valence-corrected chi connectivity index (χ1v) is 7.91. The van der Waals surface area contributed by atoms with Crippen LogP contribution in [0.15, 0.2) is 39.8 Å². The van der Waals surface area contributed by atoms with Crippen LogP contribution < -0.4 is 15.4 Å². The van der Waals surface area contributed by atoms with Crippen LogP contribution in [-0.4, -0.2) is 24.8 Å². The highest BCUT2D eigenvalue weighted by molar-refractivity contribution is 5.79. The summed E-state index contributed by atoms with van der Waals surface area (Å²) in [7, 11) is 1.64. The Morgan fingerprint density at radius 3 is 2.64 bits per heavy atom. The van der Waals surface area contributed by atoms with Gasteiger partial charge in [-0.3, -0.25) is 4.99 Å². The van der Waals surface area contributed by atoms with Crippen molar-refractivity contribution in [3.63, 3.8) is 0 Å². The Labute approximate surface area is 145 Å². The second kappa shape index (κ2) is 9.00. The van der Waals surface area contributed by atoms with Crippen molar-refractivity contribution >= 4 is 5.96 Å². The van der Waals surface area contributed by atoms with Crippen molar-refractivity contribution in [2.75, 3.05) is 7.05 Å². The van der Waals surface area contributed by atoms with Gasteiger partial charge in [0.2, 0.25) is 0 Å². The molecular formula is C17H22F2N4O2. The van der Waals surface area contributed by atoms with E-state index in [2.05, 4.69) is 25.5 Å². The molecule has 136 valence electrons. The van der Waals surface area contributed by atoms with Gasteiger partial charge in [0.05, 0.1) is 12.2 Å². The molecule has 0 bridgehead atoms. The topological polar surface area (TPSA) is 71.7 Å². The Morgan fingerprint density at radius 2 is 2.00 bits per heavy atom. The fraction of sp³-hybridized carbons (Fsp3) is 0.412. The first-order chi connectivity index (χ1) is 12.0. The van der Waals surface area contributed by atoms with Crippen molar-refractivity contribution < 1.29 is 18.0 Å². The molecule has 0 saturated heterocycles. The Morgan fingerprint density at radius 1 is 1.24 bits per heavy atom. The van der Waals surface area contributed by atoms with Crippen LogP contribution in [0.1, 0.15) is 36.8 Å². The summed E-state index contributed by atoms with van der Waals surface area (Å²) in [6, 6.07) is 8.41. The van der Waals surface area contributed by atoms with E-state index in [1.807, 2.05) is 26.0 Å². The minimum atomic E-state index is -2.84. The van der Waals surface area contributed by atoms with Crippen LogP contribution in [-0.2, 0) is 13.1 Å². The van der Waals surface area contributed by atoms with Gasteiger partial charge in [-0.2, -0.15) is 8.78 Å². The smallest absolute Gasteiger partial charge is 0.387 e. The van der Waals surface area contributed by atoms with Gasteiger partial charge in [-0.15, -0.1) is 0 Å². The van der Waals surface area contributed by atoms with Crippen LogP contribution in [0.25, 0.3) is 0 Å². The second-order valence-corrected chi connectivity index (χ2v) is 5.68. The van der Waals surface area contributed by atoms with E-state index >= 15 is 0 Å². The van der Waals surface area contributed by atoms with E-state index in [1.54, 1.807) is 19.2 Å². The zero-order chi connectivity index (χ0) is 18.2. The molecule has 25 heavy (non-hydrogen) atoms. The highest BCUT2D eigenvalue weighted by Gasteiger charge is 2.08. The lowest BCUT2D eigenvalue weighted by atomic mass is 10.1. The number of hydrogen-bond donors (Lipinski definition) is 2. The van der Waals surface area contributed by atoms with Crippen molar-refractivity contribution in [1.82, 2.24) is 15.8 Å². The molecule has 0 unspecified atom stereocenters. The fourth-order valence-electron chi connectivity index (χ4n) is 2.09. The molecule has 0 spiro atoms. The van der Waals surface area contributed by atoms with Crippen LogP contribution >= 0.6 is 0 Å². The predicted octanol–water partition coefficient (Wildman–Crippen LogP) is 3.26. The van der Waals surface area contributed by atoms with Crippen LogP contribution in [0.2, 0.25) is 0 Å². The van der Waals surface area contributed by atoms with E-state index in [4.69, 9.17) is 4.52 Å². The molecule has 0 fully saturated rings. The molecule has 6 nitrogen and oxygen atoms in total. The quantitative estimate of drug-likeness (QED) is 0.591. The normalized spacial score (nSPS) is 11.9. The van der Waals surface area contributed by atoms with E-state index in [-0.39, 0.29) is 5.75 Å². The number of ether oxygens (including phenoxy) is 1. The number of hydrogen-bond acceptors (Lipinski definition) is 4. The van der Waals surface area contributed by atoms with E-state index in [0.717, 1.165) is 11.3 Å². The van der Waals surface area contributed by atoms with E-state index in [0.29, 0.717) is 30.7 Å². The molecule has 1 heterocycles. The van der Waals surface area contributed by atoms with Gasteiger partial charge in [-0.25, -0.2) is 0 Å². The number of alkyl halides is 2. The van der Waals surface area contributed by atoms with E-state index in [9.17, 15) is 8.78 Å². The van der Waals surface area contributed by atoms with Gasteiger partial charge in [0.1, 0.15) is 5.75 Å². The number of benzene rings is 1. The molecule has 2 rings (SSSR count). The molecule has 2 N–H and O–H groups in total. The van der Waals surface area contributed by atoms with Crippen molar-refractivity contribution in [3.05, 3.63) is 47.3 Å². The number of aliphatic imine (C=N–C) groups is 1. The zero-order valence-electron chi connectivity index (χ0n) is 14.4. The summed E-state index contributed by atoms with van der Waals surface area (Å²) in [4.78, 5) is 4.11. The maximum Gasteiger partial charge on any atom is 0.387 e. The lowest BCUT2D eigenvalue weighted by molar-refractivity contribution is -0.0498. The summed E-state index contributed by atoms with van der Waals surface area (Å²) in [5, 5.41) is 10.2. The molecule has 0 aliphatic heterocycles. The average Bonchev–Trinajstić information content (AvgIpc) is 3.04. The molecular weight excluding hydrogens is 330 g/mol. The van der Waals surface area contributed by atoms with Gasteiger partial charge in [0, 0.05) is 19.7 Å². The Kier molecular flexibility index (Phi) is 6.73. The third-order valence-corrected chi connectivity index (χ3v) is 3.41. The largest absolute Gasteiger partial charge is 0.435 e. The van der Waals surface area contributed by atoms with Crippen LogP contribution in [0.3, 0.4) is 0 Å². The van der Waals surface area contributed by atoms with Crippen LogP contribution in [0, 0.1) is 0 Å². The predicted molar refractivity (Wildman–Crippen MR) is 90.7 cm³/mol. The summed E-state index contributed by atoms with van der Waals surface area (Å²) in [5.74, 6) is 1.69. The highest BCUT2D eigenvalue weighted by Crippen LogP contribution is 2.16. The summed E-state index contributed by atoms with van der Waals surface area (Å²) >= 11 is 0. The zero-order valence-corrected chi connectivity index (χ0v) is 14.4. The van der Waals surface area contributed by atoms with Gasteiger partial charge < -0.3 is 19.9 Å². The van der Waals surface area contributed by atoms with E-state index in [1.165, 1.54) is 6.07 Å². The van der Waals surface area contributed by atoms with Gasteiger partial charge in [-0.05, 0) is 23.6 Å². The Balaban J connectivity index is 1.85. The Bertz CT molecular complexity index is 701. The molecule has 0 atom stereocenters. The summed E-state index contributed by atoms with van der Waals surface area (Å²) in [6.45, 7) is 2.10. The van der Waals surface area contributed by atoms with Crippen LogP contribution in [0.4, 0.5) is 8.78 Å². The molecule has 1 aromatic heterocycles. The fourth-order valence-corrected chi connectivity index (χ4v) is 2.09. The number of nitrogens with one attached hydrogen (secondary N) is 2. The molecule has 0 amide bonds. The number of aromatic nitrogens is 1. The Hall–Kier alpha value is -2.64. The SMILES string of the molecule is CN=C(NCc1cccc(OC(F)F)c1)NCc1cc(C(C)C)no1. The third kappa shape index (κ3) is 6.06. The third-order valence-electron chi connectivity index (χ3n) is 3.41. The maximum atomic E-state index is 12.3. The van der Waals surface area contributed by atoms with Gasteiger partial charge in [0.25, 0.3) is 0 Å². The minimum Gasteiger partial charge on any atom is -0.435 e. The van der Waals surface area contributed by atoms with Crippen molar-refractivity contribution in [3.8, 4) is 5.75 Å².